The SMILES string of the molecule is CNCC(O)C1(NC(=O)OC(C)(C)C)CCCC1. The fourth-order valence-electron chi connectivity index (χ4n) is 2.44. The van der Waals surface area contributed by atoms with Crippen molar-refractivity contribution in [2.75, 3.05) is 13.6 Å². The Kier molecular flexibility index (Phi) is 4.99. The van der Waals surface area contributed by atoms with E-state index in [1.807, 2.05) is 20.8 Å². The van der Waals surface area contributed by atoms with Crippen molar-refractivity contribution in [2.24, 2.45) is 0 Å². The zero-order valence-electron chi connectivity index (χ0n) is 11.9. The highest BCUT2D eigenvalue weighted by molar-refractivity contribution is 5.69. The quantitative estimate of drug-likeness (QED) is 0.713. The van der Waals surface area contributed by atoms with E-state index in [0.29, 0.717) is 6.54 Å². The van der Waals surface area contributed by atoms with Crippen LogP contribution in [0.25, 0.3) is 0 Å². The van der Waals surface area contributed by atoms with Crippen LogP contribution in [0.5, 0.6) is 0 Å². The smallest absolute Gasteiger partial charge is 0.408 e. The van der Waals surface area contributed by atoms with E-state index in [0.717, 1.165) is 25.7 Å². The van der Waals surface area contributed by atoms with Crippen molar-refractivity contribution in [1.29, 1.82) is 0 Å². The molecule has 0 spiro atoms. The molecule has 5 nitrogen and oxygen atoms in total. The number of nitrogens with one attached hydrogen (secondary N) is 2. The van der Waals surface area contributed by atoms with Gasteiger partial charge in [0.1, 0.15) is 5.60 Å². The number of amides is 1. The third-order valence-electron chi connectivity index (χ3n) is 3.28. The molecule has 0 bridgehead atoms. The zero-order chi connectivity index (χ0) is 13.8. The van der Waals surface area contributed by atoms with Crippen molar-refractivity contribution in [1.82, 2.24) is 10.6 Å². The van der Waals surface area contributed by atoms with E-state index in [-0.39, 0.29) is 0 Å². The Morgan fingerprint density at radius 1 is 1.39 bits per heavy atom. The van der Waals surface area contributed by atoms with E-state index in [1.54, 1.807) is 7.05 Å². The highest BCUT2D eigenvalue weighted by Gasteiger charge is 2.42. The van der Waals surface area contributed by atoms with Crippen molar-refractivity contribution in [3.63, 3.8) is 0 Å². The van der Waals surface area contributed by atoms with Gasteiger partial charge < -0.3 is 20.5 Å². The van der Waals surface area contributed by atoms with Crippen LogP contribution in [0.2, 0.25) is 0 Å². The molecule has 3 N–H and O–H groups in total. The number of alkyl carbamates (subject to hydrolysis) is 1. The Bertz CT molecular complexity index is 280. The van der Waals surface area contributed by atoms with Crippen molar-refractivity contribution in [3.8, 4) is 0 Å². The summed E-state index contributed by atoms with van der Waals surface area (Å²) in [5.74, 6) is 0. The Hall–Kier alpha value is -0.810. The van der Waals surface area contributed by atoms with Crippen LogP contribution in [0.4, 0.5) is 4.79 Å². The Labute approximate surface area is 109 Å². The third-order valence-corrected chi connectivity index (χ3v) is 3.28. The summed E-state index contributed by atoms with van der Waals surface area (Å²) in [6.07, 6.45) is 2.62. The average Bonchev–Trinajstić information content (AvgIpc) is 2.64. The van der Waals surface area contributed by atoms with Gasteiger partial charge >= 0.3 is 6.09 Å². The highest BCUT2D eigenvalue weighted by atomic mass is 16.6. The van der Waals surface area contributed by atoms with Crippen LogP contribution in [-0.2, 0) is 4.74 Å². The molecular weight excluding hydrogens is 232 g/mol. The first-order valence-corrected chi connectivity index (χ1v) is 6.63. The fourth-order valence-corrected chi connectivity index (χ4v) is 2.44. The molecule has 0 saturated heterocycles. The van der Waals surface area contributed by atoms with Gasteiger partial charge in [-0.15, -0.1) is 0 Å². The Balaban J connectivity index is 2.65. The van der Waals surface area contributed by atoms with Gasteiger partial charge in [0.05, 0.1) is 11.6 Å². The molecule has 1 rings (SSSR count). The van der Waals surface area contributed by atoms with Crippen molar-refractivity contribution in [3.05, 3.63) is 0 Å². The summed E-state index contributed by atoms with van der Waals surface area (Å²) >= 11 is 0. The molecule has 1 amide bonds. The van der Waals surface area contributed by atoms with Crippen LogP contribution >= 0.6 is 0 Å². The Morgan fingerprint density at radius 2 is 1.94 bits per heavy atom. The van der Waals surface area contributed by atoms with E-state index in [9.17, 15) is 9.90 Å². The minimum absolute atomic E-state index is 0.445. The predicted octanol–water partition coefficient (Wildman–Crippen LogP) is 1.40. The van der Waals surface area contributed by atoms with Crippen LogP contribution in [0.3, 0.4) is 0 Å². The average molecular weight is 258 g/mol. The summed E-state index contributed by atoms with van der Waals surface area (Å²) in [7, 11) is 1.79. The van der Waals surface area contributed by atoms with Gasteiger partial charge in [-0.3, -0.25) is 0 Å². The molecule has 1 fully saturated rings. The second-order valence-corrected chi connectivity index (χ2v) is 6.06. The van der Waals surface area contributed by atoms with Gasteiger partial charge in [-0.25, -0.2) is 4.79 Å². The third kappa shape index (κ3) is 4.14. The van der Waals surface area contributed by atoms with Gasteiger partial charge in [0.15, 0.2) is 0 Å². The fraction of sp³-hybridized carbons (Fsp3) is 0.923. The maximum absolute atomic E-state index is 11.9. The lowest BCUT2D eigenvalue weighted by Gasteiger charge is -2.35. The largest absolute Gasteiger partial charge is 0.444 e. The van der Waals surface area contributed by atoms with Crippen LogP contribution in [0.15, 0.2) is 0 Å². The number of ether oxygens (including phenoxy) is 1. The normalized spacial score (nSPS) is 20.5. The molecule has 0 aromatic heterocycles. The second-order valence-electron chi connectivity index (χ2n) is 6.06. The number of hydrogen-bond donors (Lipinski definition) is 3. The first kappa shape index (κ1) is 15.2. The summed E-state index contributed by atoms with van der Waals surface area (Å²) in [5.41, 5.74) is -1.05. The molecule has 0 aromatic carbocycles. The van der Waals surface area contributed by atoms with Crippen LogP contribution in [0, 0.1) is 0 Å². The number of aliphatic hydroxyl groups excluding tert-OH is 1. The van der Waals surface area contributed by atoms with E-state index >= 15 is 0 Å². The van der Waals surface area contributed by atoms with Crippen molar-refractivity contribution >= 4 is 6.09 Å². The molecule has 0 aromatic rings. The summed E-state index contributed by atoms with van der Waals surface area (Å²) in [4.78, 5) is 11.9. The molecule has 0 radical (unpaired) electrons. The van der Waals surface area contributed by atoms with Gasteiger partial charge in [0.2, 0.25) is 0 Å². The molecule has 0 aliphatic heterocycles. The Morgan fingerprint density at radius 3 is 2.39 bits per heavy atom. The number of aliphatic hydroxyl groups is 1. The van der Waals surface area contributed by atoms with E-state index in [4.69, 9.17) is 4.74 Å². The lowest BCUT2D eigenvalue weighted by Crippen LogP contribution is -2.58. The van der Waals surface area contributed by atoms with Crippen molar-refractivity contribution < 1.29 is 14.6 Å². The first-order chi connectivity index (χ1) is 8.29. The minimum atomic E-state index is -0.586. The van der Waals surface area contributed by atoms with Gasteiger partial charge in [0, 0.05) is 6.54 Å². The van der Waals surface area contributed by atoms with Crippen LogP contribution < -0.4 is 10.6 Å². The van der Waals surface area contributed by atoms with E-state index in [1.165, 1.54) is 0 Å². The predicted molar refractivity (Wildman–Crippen MR) is 70.5 cm³/mol. The highest BCUT2D eigenvalue weighted by Crippen LogP contribution is 2.33. The van der Waals surface area contributed by atoms with E-state index < -0.39 is 23.3 Å². The molecule has 1 aliphatic carbocycles. The maximum atomic E-state index is 11.9. The topological polar surface area (TPSA) is 70.6 Å². The lowest BCUT2D eigenvalue weighted by molar-refractivity contribution is 0.0228. The number of hydrogen-bond acceptors (Lipinski definition) is 4. The van der Waals surface area contributed by atoms with Gasteiger partial charge in [-0.1, -0.05) is 12.8 Å². The number of carbonyl (C=O) groups excluding carboxylic acids is 1. The van der Waals surface area contributed by atoms with Gasteiger partial charge in [-0.05, 0) is 40.7 Å². The number of likely N-dealkylation sites (N-methyl/N-ethyl adjacent to an activating group) is 1. The van der Waals surface area contributed by atoms with E-state index in [2.05, 4.69) is 10.6 Å². The summed E-state index contributed by atoms with van der Waals surface area (Å²) in [6.45, 7) is 5.96. The second kappa shape index (κ2) is 5.89. The molecule has 106 valence electrons. The minimum Gasteiger partial charge on any atom is -0.444 e. The first-order valence-electron chi connectivity index (χ1n) is 6.63. The molecule has 18 heavy (non-hydrogen) atoms. The monoisotopic (exact) mass is 258 g/mol. The molecular formula is C13H26N2O3. The molecule has 0 heterocycles. The van der Waals surface area contributed by atoms with Crippen LogP contribution in [-0.4, -0.2) is 42.0 Å². The maximum Gasteiger partial charge on any atom is 0.408 e. The molecule has 1 unspecified atom stereocenters. The standard InChI is InChI=1S/C13H26N2O3/c1-12(2,3)18-11(17)15-13(7-5-6-8-13)10(16)9-14-4/h10,14,16H,5-9H2,1-4H3,(H,15,17). The molecule has 1 saturated carbocycles. The summed E-state index contributed by atoms with van der Waals surface area (Å²) in [6, 6.07) is 0. The lowest BCUT2D eigenvalue weighted by atomic mass is 9.90. The van der Waals surface area contributed by atoms with Crippen molar-refractivity contribution in [2.45, 2.75) is 63.7 Å². The van der Waals surface area contributed by atoms with Crippen LogP contribution in [0.1, 0.15) is 46.5 Å². The molecule has 1 atom stereocenters. The number of carbonyl (C=O) groups is 1. The zero-order valence-corrected chi connectivity index (χ0v) is 11.9. The summed E-state index contributed by atoms with van der Waals surface area (Å²) < 4.78 is 5.27. The summed E-state index contributed by atoms with van der Waals surface area (Å²) in [5, 5.41) is 16.0. The van der Waals surface area contributed by atoms with Gasteiger partial charge in [0.25, 0.3) is 0 Å². The van der Waals surface area contributed by atoms with Gasteiger partial charge in [-0.2, -0.15) is 0 Å². The number of rotatable bonds is 4. The molecule has 1 aliphatic rings. The molecule has 5 heteroatoms.